The highest BCUT2D eigenvalue weighted by Gasteiger charge is 2.23. The number of pyridine rings is 1. The van der Waals surface area contributed by atoms with Crippen molar-refractivity contribution in [3.05, 3.63) is 41.8 Å². The molecule has 0 atom stereocenters. The Labute approximate surface area is 129 Å². The first-order chi connectivity index (χ1) is 10.4. The molecule has 118 valence electrons. The first-order valence-corrected chi connectivity index (χ1v) is 8.99. The van der Waals surface area contributed by atoms with Gasteiger partial charge in [-0.05, 0) is 23.8 Å². The van der Waals surface area contributed by atoms with E-state index in [0.29, 0.717) is 32.7 Å². The minimum absolute atomic E-state index is 0.273. The molecule has 1 aromatic carbocycles. The number of rotatable bonds is 3. The maximum atomic E-state index is 13.7. The highest BCUT2D eigenvalue weighted by Crippen LogP contribution is 2.20. The number of hydrogen-bond acceptors (Lipinski definition) is 4. The molecule has 0 amide bonds. The third kappa shape index (κ3) is 3.26. The number of benzene rings is 1. The van der Waals surface area contributed by atoms with E-state index in [4.69, 9.17) is 0 Å². The van der Waals surface area contributed by atoms with Crippen molar-refractivity contribution in [2.24, 2.45) is 0 Å². The lowest BCUT2D eigenvalue weighted by atomic mass is 10.1. The molecule has 0 unspecified atom stereocenters. The van der Waals surface area contributed by atoms with E-state index in [0.717, 1.165) is 16.5 Å². The van der Waals surface area contributed by atoms with Gasteiger partial charge in [-0.1, -0.05) is 6.07 Å². The van der Waals surface area contributed by atoms with Gasteiger partial charge in [0.1, 0.15) is 5.82 Å². The second-order valence-electron chi connectivity index (χ2n) is 5.58. The molecule has 5 nitrogen and oxygen atoms in total. The SMILES string of the molecule is CS(=O)(=O)N1CCN(Cc2cc(F)cc3cccnc23)CC1. The van der Waals surface area contributed by atoms with Crippen LogP contribution in [-0.4, -0.2) is 55.0 Å². The molecule has 2 heterocycles. The second-order valence-corrected chi connectivity index (χ2v) is 7.56. The van der Waals surface area contributed by atoms with Gasteiger partial charge in [0.2, 0.25) is 10.0 Å². The van der Waals surface area contributed by atoms with Crippen LogP contribution in [0.2, 0.25) is 0 Å². The number of aromatic nitrogens is 1. The maximum Gasteiger partial charge on any atom is 0.211 e. The number of fused-ring (bicyclic) bond motifs is 1. The quantitative estimate of drug-likeness (QED) is 0.858. The predicted molar refractivity (Wildman–Crippen MR) is 83.4 cm³/mol. The fraction of sp³-hybridized carbons (Fsp3) is 0.400. The van der Waals surface area contributed by atoms with E-state index in [1.807, 2.05) is 6.07 Å². The Hall–Kier alpha value is -1.57. The van der Waals surface area contributed by atoms with E-state index in [-0.39, 0.29) is 5.82 Å². The zero-order valence-corrected chi connectivity index (χ0v) is 13.2. The van der Waals surface area contributed by atoms with E-state index in [1.54, 1.807) is 12.3 Å². The van der Waals surface area contributed by atoms with Gasteiger partial charge in [-0.25, -0.2) is 12.8 Å². The Morgan fingerprint density at radius 1 is 1.23 bits per heavy atom. The molecule has 0 N–H and O–H groups in total. The third-order valence-corrected chi connectivity index (χ3v) is 5.25. The van der Waals surface area contributed by atoms with Crippen molar-refractivity contribution in [3.63, 3.8) is 0 Å². The molecule has 0 radical (unpaired) electrons. The number of hydrogen-bond donors (Lipinski definition) is 0. The summed E-state index contributed by atoms with van der Waals surface area (Å²) in [5, 5.41) is 0.785. The fourth-order valence-electron chi connectivity index (χ4n) is 2.81. The van der Waals surface area contributed by atoms with Gasteiger partial charge in [0.05, 0.1) is 11.8 Å². The molecule has 1 aliphatic heterocycles. The molecule has 3 rings (SSSR count). The molecule has 0 spiro atoms. The summed E-state index contributed by atoms with van der Waals surface area (Å²) in [5.41, 5.74) is 1.64. The normalized spacial score (nSPS) is 17.9. The van der Waals surface area contributed by atoms with E-state index < -0.39 is 10.0 Å². The van der Waals surface area contributed by atoms with Gasteiger partial charge in [-0.3, -0.25) is 9.88 Å². The summed E-state index contributed by atoms with van der Waals surface area (Å²) in [6.07, 6.45) is 2.93. The molecular formula is C15H18FN3O2S. The van der Waals surface area contributed by atoms with Crippen molar-refractivity contribution in [1.82, 2.24) is 14.2 Å². The Bertz CT molecular complexity index is 786. The molecule has 22 heavy (non-hydrogen) atoms. The zero-order valence-electron chi connectivity index (χ0n) is 12.4. The highest BCUT2D eigenvalue weighted by atomic mass is 32.2. The van der Waals surface area contributed by atoms with Gasteiger partial charge in [-0.2, -0.15) is 4.31 Å². The van der Waals surface area contributed by atoms with Crippen molar-refractivity contribution >= 4 is 20.9 Å². The van der Waals surface area contributed by atoms with Crippen LogP contribution < -0.4 is 0 Å². The topological polar surface area (TPSA) is 53.5 Å². The van der Waals surface area contributed by atoms with Crippen LogP contribution in [-0.2, 0) is 16.6 Å². The molecule has 2 aromatic rings. The average molecular weight is 323 g/mol. The summed E-state index contributed by atoms with van der Waals surface area (Å²) < 4.78 is 38.3. The summed E-state index contributed by atoms with van der Waals surface area (Å²) in [6, 6.07) is 6.62. The van der Waals surface area contributed by atoms with E-state index in [1.165, 1.54) is 22.7 Å². The lowest BCUT2D eigenvalue weighted by molar-refractivity contribution is 0.182. The molecule has 1 aliphatic rings. The molecule has 0 aliphatic carbocycles. The molecule has 0 saturated carbocycles. The Kier molecular flexibility index (Phi) is 4.12. The van der Waals surface area contributed by atoms with Crippen molar-refractivity contribution in [2.45, 2.75) is 6.54 Å². The Balaban J connectivity index is 1.78. The molecule has 1 aromatic heterocycles. The van der Waals surface area contributed by atoms with Gasteiger partial charge in [0, 0.05) is 44.3 Å². The van der Waals surface area contributed by atoms with Crippen LogP contribution in [0.15, 0.2) is 30.5 Å². The van der Waals surface area contributed by atoms with Crippen LogP contribution in [0.4, 0.5) is 4.39 Å². The van der Waals surface area contributed by atoms with Crippen molar-refractivity contribution < 1.29 is 12.8 Å². The van der Waals surface area contributed by atoms with Crippen molar-refractivity contribution in [1.29, 1.82) is 0 Å². The molecular weight excluding hydrogens is 305 g/mol. The average Bonchev–Trinajstić information content (AvgIpc) is 2.46. The van der Waals surface area contributed by atoms with Crippen molar-refractivity contribution in [3.8, 4) is 0 Å². The van der Waals surface area contributed by atoms with Crippen LogP contribution >= 0.6 is 0 Å². The molecule has 1 saturated heterocycles. The lowest BCUT2D eigenvalue weighted by Gasteiger charge is -2.33. The molecule has 1 fully saturated rings. The summed E-state index contributed by atoms with van der Waals surface area (Å²) >= 11 is 0. The van der Waals surface area contributed by atoms with Gasteiger partial charge < -0.3 is 0 Å². The van der Waals surface area contributed by atoms with E-state index in [9.17, 15) is 12.8 Å². The van der Waals surface area contributed by atoms with Gasteiger partial charge >= 0.3 is 0 Å². The molecule has 7 heteroatoms. The van der Waals surface area contributed by atoms with Gasteiger partial charge in [0.15, 0.2) is 0 Å². The smallest absolute Gasteiger partial charge is 0.211 e. The summed E-state index contributed by atoms with van der Waals surface area (Å²) in [7, 11) is -3.13. The lowest BCUT2D eigenvalue weighted by Crippen LogP contribution is -2.47. The first-order valence-electron chi connectivity index (χ1n) is 7.14. The number of halogens is 1. The van der Waals surface area contributed by atoms with E-state index >= 15 is 0 Å². The second kappa shape index (κ2) is 5.91. The van der Waals surface area contributed by atoms with Gasteiger partial charge in [0.25, 0.3) is 0 Å². The molecule has 0 bridgehead atoms. The Morgan fingerprint density at radius 3 is 2.64 bits per heavy atom. The maximum absolute atomic E-state index is 13.7. The minimum atomic E-state index is -3.13. The number of sulfonamides is 1. The first kappa shape index (κ1) is 15.3. The summed E-state index contributed by atoms with van der Waals surface area (Å²) in [5.74, 6) is -0.273. The van der Waals surface area contributed by atoms with E-state index in [2.05, 4.69) is 9.88 Å². The van der Waals surface area contributed by atoms with Crippen LogP contribution in [0.5, 0.6) is 0 Å². The van der Waals surface area contributed by atoms with Crippen LogP contribution in [0.3, 0.4) is 0 Å². The minimum Gasteiger partial charge on any atom is -0.296 e. The predicted octanol–water partition coefficient (Wildman–Crippen LogP) is 1.45. The monoisotopic (exact) mass is 323 g/mol. The third-order valence-electron chi connectivity index (χ3n) is 3.94. The van der Waals surface area contributed by atoms with Crippen molar-refractivity contribution in [2.75, 3.05) is 32.4 Å². The van der Waals surface area contributed by atoms with Crippen LogP contribution in [0.1, 0.15) is 5.56 Å². The fourth-order valence-corrected chi connectivity index (χ4v) is 3.63. The van der Waals surface area contributed by atoms with Crippen LogP contribution in [0.25, 0.3) is 10.9 Å². The standard InChI is InChI=1S/C15H18FN3O2S/c1-22(20,21)19-7-5-18(6-8-19)11-13-10-14(16)9-12-3-2-4-17-15(12)13/h2-4,9-10H,5-8,11H2,1H3. The number of piperazine rings is 1. The largest absolute Gasteiger partial charge is 0.296 e. The highest BCUT2D eigenvalue weighted by molar-refractivity contribution is 7.88. The van der Waals surface area contributed by atoms with Gasteiger partial charge in [-0.15, -0.1) is 0 Å². The summed E-state index contributed by atoms with van der Waals surface area (Å²) in [6.45, 7) is 2.79. The zero-order chi connectivity index (χ0) is 15.7. The Morgan fingerprint density at radius 2 is 1.95 bits per heavy atom. The summed E-state index contributed by atoms with van der Waals surface area (Å²) in [4.78, 5) is 6.47. The van der Waals surface area contributed by atoms with Crippen LogP contribution in [0, 0.1) is 5.82 Å². The number of nitrogens with zero attached hydrogens (tertiary/aromatic N) is 3.